The quantitative estimate of drug-likeness (QED) is 0.809. The van der Waals surface area contributed by atoms with Gasteiger partial charge in [0.05, 0.1) is 12.0 Å². The van der Waals surface area contributed by atoms with Crippen LogP contribution in [-0.4, -0.2) is 19.1 Å². The van der Waals surface area contributed by atoms with Crippen LogP contribution in [0.1, 0.15) is 32.3 Å². The molecule has 2 N–H and O–H groups in total. The first-order valence-electron chi connectivity index (χ1n) is 6.28. The summed E-state index contributed by atoms with van der Waals surface area (Å²) in [6.45, 7) is 3.92. The van der Waals surface area contributed by atoms with E-state index in [0.29, 0.717) is 19.4 Å². The molecule has 0 saturated heterocycles. The Morgan fingerprint density at radius 2 is 1.89 bits per heavy atom. The number of esters is 1. The Hall–Kier alpha value is -1.49. The number of carbonyl (C=O) groups excluding carboxylic acids is 1. The summed E-state index contributed by atoms with van der Waals surface area (Å²) in [7, 11) is 0. The van der Waals surface area contributed by atoms with Gasteiger partial charge in [-0.15, -0.1) is 0 Å². The van der Waals surface area contributed by atoms with E-state index in [9.17, 15) is 13.6 Å². The SMILES string of the molecule is CCOC(=O)C(C)(CCCN)c1cc(F)cc(F)c1. The second-order valence-electron chi connectivity index (χ2n) is 4.60. The lowest BCUT2D eigenvalue weighted by Gasteiger charge is -2.27. The lowest BCUT2D eigenvalue weighted by Crippen LogP contribution is -2.35. The third-order valence-electron chi connectivity index (χ3n) is 3.11. The number of ether oxygens (including phenoxy) is 1. The lowest BCUT2D eigenvalue weighted by atomic mass is 9.78. The number of hydrogen-bond acceptors (Lipinski definition) is 3. The molecule has 106 valence electrons. The van der Waals surface area contributed by atoms with Gasteiger partial charge in [0.25, 0.3) is 0 Å². The van der Waals surface area contributed by atoms with Crippen LogP contribution in [-0.2, 0) is 14.9 Å². The zero-order chi connectivity index (χ0) is 14.5. The maximum absolute atomic E-state index is 13.3. The summed E-state index contributed by atoms with van der Waals surface area (Å²) >= 11 is 0. The zero-order valence-electron chi connectivity index (χ0n) is 11.2. The summed E-state index contributed by atoms with van der Waals surface area (Å²) in [5.41, 5.74) is 4.64. The Labute approximate surface area is 111 Å². The molecular weight excluding hydrogens is 252 g/mol. The van der Waals surface area contributed by atoms with Crippen LogP contribution < -0.4 is 5.73 Å². The summed E-state index contributed by atoms with van der Waals surface area (Å²) in [5.74, 6) is -1.91. The molecule has 1 atom stereocenters. The molecule has 19 heavy (non-hydrogen) atoms. The van der Waals surface area contributed by atoms with Crippen LogP contribution in [0.25, 0.3) is 0 Å². The average molecular weight is 271 g/mol. The first-order valence-corrected chi connectivity index (χ1v) is 6.28. The molecule has 0 aromatic heterocycles. The van der Waals surface area contributed by atoms with Crippen molar-refractivity contribution in [2.75, 3.05) is 13.2 Å². The van der Waals surface area contributed by atoms with E-state index in [2.05, 4.69) is 0 Å². The maximum Gasteiger partial charge on any atom is 0.316 e. The highest BCUT2D eigenvalue weighted by Crippen LogP contribution is 2.31. The summed E-state index contributed by atoms with van der Waals surface area (Å²) < 4.78 is 31.6. The third-order valence-corrected chi connectivity index (χ3v) is 3.11. The molecule has 3 nitrogen and oxygen atoms in total. The van der Waals surface area contributed by atoms with Crippen molar-refractivity contribution >= 4 is 5.97 Å². The molecule has 0 spiro atoms. The zero-order valence-corrected chi connectivity index (χ0v) is 11.2. The molecule has 0 saturated carbocycles. The van der Waals surface area contributed by atoms with Gasteiger partial charge in [0.1, 0.15) is 11.6 Å². The van der Waals surface area contributed by atoms with Crippen molar-refractivity contribution in [2.45, 2.75) is 32.1 Å². The average Bonchev–Trinajstić information content (AvgIpc) is 2.35. The van der Waals surface area contributed by atoms with Crippen LogP contribution >= 0.6 is 0 Å². The fraction of sp³-hybridized carbons (Fsp3) is 0.500. The van der Waals surface area contributed by atoms with Gasteiger partial charge >= 0.3 is 5.97 Å². The van der Waals surface area contributed by atoms with Crippen molar-refractivity contribution in [3.63, 3.8) is 0 Å². The van der Waals surface area contributed by atoms with Gasteiger partial charge in [-0.3, -0.25) is 4.79 Å². The van der Waals surface area contributed by atoms with Gasteiger partial charge in [0.2, 0.25) is 0 Å². The molecule has 0 radical (unpaired) electrons. The Bertz CT molecular complexity index is 431. The van der Waals surface area contributed by atoms with Gasteiger partial charge in [0, 0.05) is 6.07 Å². The van der Waals surface area contributed by atoms with Crippen molar-refractivity contribution in [3.05, 3.63) is 35.4 Å². The lowest BCUT2D eigenvalue weighted by molar-refractivity contribution is -0.149. The van der Waals surface area contributed by atoms with E-state index >= 15 is 0 Å². The smallest absolute Gasteiger partial charge is 0.316 e. The maximum atomic E-state index is 13.3. The third kappa shape index (κ3) is 3.73. The molecule has 1 aromatic carbocycles. The summed E-state index contributed by atoms with van der Waals surface area (Å²) in [6, 6.07) is 3.10. The minimum Gasteiger partial charge on any atom is -0.465 e. The molecule has 5 heteroatoms. The molecule has 0 aliphatic rings. The van der Waals surface area contributed by atoms with Gasteiger partial charge in [0.15, 0.2) is 0 Å². The van der Waals surface area contributed by atoms with Gasteiger partial charge < -0.3 is 10.5 Å². The van der Waals surface area contributed by atoms with Gasteiger partial charge in [-0.25, -0.2) is 8.78 Å². The summed E-state index contributed by atoms with van der Waals surface area (Å²) in [4.78, 5) is 12.1. The minimum atomic E-state index is -1.09. The summed E-state index contributed by atoms with van der Waals surface area (Å²) in [5, 5.41) is 0. The van der Waals surface area contributed by atoms with Crippen LogP contribution in [0.15, 0.2) is 18.2 Å². The fourth-order valence-corrected chi connectivity index (χ4v) is 1.98. The van der Waals surface area contributed by atoms with E-state index in [1.807, 2.05) is 0 Å². The number of nitrogens with two attached hydrogens (primary N) is 1. The van der Waals surface area contributed by atoms with Crippen LogP contribution in [0.4, 0.5) is 8.78 Å². The van der Waals surface area contributed by atoms with Crippen molar-refractivity contribution in [2.24, 2.45) is 5.73 Å². The number of benzene rings is 1. The van der Waals surface area contributed by atoms with Gasteiger partial charge in [-0.2, -0.15) is 0 Å². The molecular formula is C14H19F2NO2. The molecule has 0 aliphatic carbocycles. The number of carbonyl (C=O) groups is 1. The molecule has 0 amide bonds. The number of rotatable bonds is 6. The first-order chi connectivity index (χ1) is 8.93. The minimum absolute atomic E-state index is 0.217. The highest BCUT2D eigenvalue weighted by Gasteiger charge is 2.36. The highest BCUT2D eigenvalue weighted by molar-refractivity contribution is 5.82. The second kappa shape index (κ2) is 6.61. The van der Waals surface area contributed by atoms with E-state index in [4.69, 9.17) is 10.5 Å². The predicted octanol–water partition coefficient (Wildman–Crippen LogP) is 2.52. The van der Waals surface area contributed by atoms with E-state index in [0.717, 1.165) is 18.2 Å². The van der Waals surface area contributed by atoms with E-state index in [1.165, 1.54) is 0 Å². The normalized spacial score (nSPS) is 13.9. The monoisotopic (exact) mass is 271 g/mol. The molecule has 0 bridgehead atoms. The fourth-order valence-electron chi connectivity index (χ4n) is 1.98. The van der Waals surface area contributed by atoms with E-state index < -0.39 is 23.0 Å². The van der Waals surface area contributed by atoms with Crippen LogP contribution in [0, 0.1) is 11.6 Å². The predicted molar refractivity (Wildman–Crippen MR) is 68.6 cm³/mol. The molecule has 1 aromatic rings. The largest absolute Gasteiger partial charge is 0.465 e. The molecule has 1 unspecified atom stereocenters. The molecule has 1 rings (SSSR count). The van der Waals surface area contributed by atoms with Crippen LogP contribution in [0.3, 0.4) is 0 Å². The van der Waals surface area contributed by atoms with Gasteiger partial charge in [-0.1, -0.05) is 0 Å². The van der Waals surface area contributed by atoms with Crippen molar-refractivity contribution in [3.8, 4) is 0 Å². The number of halogens is 2. The summed E-state index contributed by atoms with van der Waals surface area (Å²) in [6.07, 6.45) is 0.943. The second-order valence-corrected chi connectivity index (χ2v) is 4.60. The Balaban J connectivity index is 3.17. The highest BCUT2D eigenvalue weighted by atomic mass is 19.1. The van der Waals surface area contributed by atoms with Crippen LogP contribution in [0.5, 0.6) is 0 Å². The molecule has 0 heterocycles. The van der Waals surface area contributed by atoms with E-state index in [-0.39, 0.29) is 12.2 Å². The topological polar surface area (TPSA) is 52.3 Å². The van der Waals surface area contributed by atoms with Crippen molar-refractivity contribution in [1.29, 1.82) is 0 Å². The van der Waals surface area contributed by atoms with Gasteiger partial charge in [-0.05, 0) is 50.9 Å². The van der Waals surface area contributed by atoms with Crippen molar-refractivity contribution in [1.82, 2.24) is 0 Å². The Morgan fingerprint density at radius 1 is 1.32 bits per heavy atom. The molecule has 0 fully saturated rings. The Morgan fingerprint density at radius 3 is 2.37 bits per heavy atom. The first kappa shape index (κ1) is 15.6. The Kier molecular flexibility index (Phi) is 5.42. The van der Waals surface area contributed by atoms with E-state index in [1.54, 1.807) is 13.8 Å². The standard InChI is InChI=1S/C14H19F2NO2/c1-3-19-13(18)14(2,5-4-6-17)10-7-11(15)9-12(16)8-10/h7-9H,3-6,17H2,1-2H3. The van der Waals surface area contributed by atoms with Crippen LogP contribution in [0.2, 0.25) is 0 Å². The number of hydrogen-bond donors (Lipinski definition) is 1. The molecule has 0 aliphatic heterocycles. The van der Waals surface area contributed by atoms with Crippen molar-refractivity contribution < 1.29 is 18.3 Å².